The number of aromatic nitrogens is 1. The van der Waals surface area contributed by atoms with E-state index >= 15 is 0 Å². The Labute approximate surface area is 191 Å². The number of nitrogens with one attached hydrogen (secondary N) is 1. The molecule has 4 aromatic rings. The molecule has 6 nitrogen and oxygen atoms in total. The number of fused-ring (bicyclic) bond motifs is 1. The van der Waals surface area contributed by atoms with E-state index in [1.165, 1.54) is 15.6 Å². The number of rotatable bonds is 7. The summed E-state index contributed by atoms with van der Waals surface area (Å²) in [5.74, 6) is -0.395. The third-order valence-electron chi connectivity index (χ3n) is 5.05. The molecular formula is C24H23N3O3S2. The van der Waals surface area contributed by atoms with Crippen molar-refractivity contribution >= 4 is 43.2 Å². The first kappa shape index (κ1) is 22.1. The summed E-state index contributed by atoms with van der Waals surface area (Å²) in [5, 5.41) is 3.70. The zero-order valence-electron chi connectivity index (χ0n) is 17.8. The monoisotopic (exact) mass is 465 g/mol. The molecule has 0 atom stereocenters. The highest BCUT2D eigenvalue weighted by Gasteiger charge is 2.27. The topological polar surface area (TPSA) is 79.4 Å². The first-order chi connectivity index (χ1) is 15.3. The second kappa shape index (κ2) is 9.20. The van der Waals surface area contributed by atoms with Crippen molar-refractivity contribution < 1.29 is 13.2 Å². The summed E-state index contributed by atoms with van der Waals surface area (Å²) >= 11 is 1.44. The van der Waals surface area contributed by atoms with E-state index in [0.717, 1.165) is 26.4 Å². The molecule has 0 saturated carbocycles. The summed E-state index contributed by atoms with van der Waals surface area (Å²) in [5.41, 5.74) is 3.13. The predicted octanol–water partition coefficient (Wildman–Crippen LogP) is 4.74. The van der Waals surface area contributed by atoms with E-state index in [9.17, 15) is 13.2 Å². The molecule has 3 aromatic carbocycles. The normalized spacial score (nSPS) is 11.7. The van der Waals surface area contributed by atoms with Gasteiger partial charge in [0.1, 0.15) is 0 Å². The van der Waals surface area contributed by atoms with Crippen molar-refractivity contribution in [2.24, 2.45) is 0 Å². The lowest BCUT2D eigenvalue weighted by Gasteiger charge is -2.22. The maximum atomic E-state index is 13.6. The van der Waals surface area contributed by atoms with Gasteiger partial charge < -0.3 is 5.32 Å². The molecule has 0 spiro atoms. The summed E-state index contributed by atoms with van der Waals surface area (Å²) in [6.07, 6.45) is 0. The van der Waals surface area contributed by atoms with Crippen LogP contribution in [0.4, 0.5) is 5.69 Å². The van der Waals surface area contributed by atoms with Crippen molar-refractivity contribution in [3.8, 4) is 0 Å². The average Bonchev–Trinajstić information content (AvgIpc) is 3.15. The van der Waals surface area contributed by atoms with E-state index < -0.39 is 15.9 Å². The number of hydrogen-bond donors (Lipinski definition) is 1. The van der Waals surface area contributed by atoms with Crippen molar-refractivity contribution in [2.45, 2.75) is 25.3 Å². The molecule has 8 heteroatoms. The van der Waals surface area contributed by atoms with Gasteiger partial charge in [0.25, 0.3) is 0 Å². The SMILES string of the molecule is Cc1nc2ccc(S(=O)(=O)N(CC(=O)Nc3ccccc3C)Cc3ccccc3)cc2s1. The molecule has 0 aliphatic carbocycles. The fourth-order valence-electron chi connectivity index (χ4n) is 3.41. The van der Waals surface area contributed by atoms with Crippen molar-refractivity contribution in [3.63, 3.8) is 0 Å². The van der Waals surface area contributed by atoms with Gasteiger partial charge in [0.15, 0.2) is 0 Å². The summed E-state index contributed by atoms with van der Waals surface area (Å²) in [4.78, 5) is 17.4. The molecular weight excluding hydrogens is 442 g/mol. The van der Waals surface area contributed by atoms with Gasteiger partial charge in [-0.3, -0.25) is 4.79 Å². The Morgan fingerprint density at radius 2 is 1.72 bits per heavy atom. The number of hydrogen-bond acceptors (Lipinski definition) is 5. The van der Waals surface area contributed by atoms with Gasteiger partial charge in [0, 0.05) is 12.2 Å². The first-order valence-electron chi connectivity index (χ1n) is 10.1. The van der Waals surface area contributed by atoms with Crippen molar-refractivity contribution in [3.05, 3.63) is 88.9 Å². The number of sulfonamides is 1. The molecule has 1 heterocycles. The van der Waals surface area contributed by atoms with Crippen LogP contribution < -0.4 is 5.32 Å². The minimum absolute atomic E-state index is 0.0874. The van der Waals surface area contributed by atoms with Gasteiger partial charge in [-0.1, -0.05) is 48.5 Å². The van der Waals surface area contributed by atoms with Crippen LogP contribution in [-0.4, -0.2) is 30.2 Å². The third kappa shape index (κ3) is 4.88. The number of carbonyl (C=O) groups excluding carboxylic acids is 1. The third-order valence-corrected chi connectivity index (χ3v) is 7.77. The molecule has 1 N–H and O–H groups in total. The highest BCUT2D eigenvalue weighted by molar-refractivity contribution is 7.89. The highest BCUT2D eigenvalue weighted by Crippen LogP contribution is 2.27. The van der Waals surface area contributed by atoms with E-state index in [-0.39, 0.29) is 18.0 Å². The fraction of sp³-hybridized carbons (Fsp3) is 0.167. The summed E-state index contributed by atoms with van der Waals surface area (Å²) < 4.78 is 29.2. The summed E-state index contributed by atoms with van der Waals surface area (Å²) in [6.45, 7) is 3.56. The molecule has 0 radical (unpaired) electrons. The molecule has 0 fully saturated rings. The Morgan fingerprint density at radius 3 is 2.47 bits per heavy atom. The van der Waals surface area contributed by atoms with Crippen molar-refractivity contribution in [1.82, 2.24) is 9.29 Å². The number of anilines is 1. The molecule has 0 unspecified atom stereocenters. The van der Waals surface area contributed by atoms with Gasteiger partial charge in [-0.05, 0) is 49.2 Å². The van der Waals surface area contributed by atoms with Gasteiger partial charge in [-0.2, -0.15) is 4.31 Å². The molecule has 0 bridgehead atoms. The maximum Gasteiger partial charge on any atom is 0.243 e. The Kier molecular flexibility index (Phi) is 6.36. The van der Waals surface area contributed by atoms with Crippen LogP contribution in [0.5, 0.6) is 0 Å². The molecule has 1 amide bonds. The molecule has 0 saturated heterocycles. The Hall–Kier alpha value is -3.07. The minimum atomic E-state index is -3.93. The van der Waals surface area contributed by atoms with Crippen LogP contribution in [0.2, 0.25) is 0 Å². The second-order valence-electron chi connectivity index (χ2n) is 7.48. The molecule has 0 aliphatic heterocycles. The van der Waals surface area contributed by atoms with Crippen LogP contribution in [0.3, 0.4) is 0 Å². The van der Waals surface area contributed by atoms with Gasteiger partial charge in [-0.15, -0.1) is 11.3 Å². The lowest BCUT2D eigenvalue weighted by molar-refractivity contribution is -0.116. The quantitative estimate of drug-likeness (QED) is 0.427. The van der Waals surface area contributed by atoms with E-state index in [1.807, 2.05) is 62.4 Å². The second-order valence-corrected chi connectivity index (χ2v) is 10.7. The van der Waals surface area contributed by atoms with Crippen LogP contribution in [0.15, 0.2) is 77.7 Å². The smallest absolute Gasteiger partial charge is 0.243 e. The number of nitrogens with zero attached hydrogens (tertiary/aromatic N) is 2. The number of carbonyl (C=O) groups is 1. The van der Waals surface area contributed by atoms with E-state index in [0.29, 0.717) is 5.69 Å². The molecule has 1 aromatic heterocycles. The average molecular weight is 466 g/mol. The van der Waals surface area contributed by atoms with Crippen LogP contribution >= 0.6 is 11.3 Å². The first-order valence-corrected chi connectivity index (χ1v) is 12.4. The molecule has 32 heavy (non-hydrogen) atoms. The largest absolute Gasteiger partial charge is 0.325 e. The zero-order chi connectivity index (χ0) is 22.7. The highest BCUT2D eigenvalue weighted by atomic mass is 32.2. The molecule has 164 valence electrons. The number of thiazole rings is 1. The fourth-order valence-corrected chi connectivity index (χ4v) is 5.76. The number of benzene rings is 3. The Balaban J connectivity index is 1.65. The number of amides is 1. The van der Waals surface area contributed by atoms with Crippen LogP contribution in [0.25, 0.3) is 10.2 Å². The van der Waals surface area contributed by atoms with E-state index in [4.69, 9.17) is 0 Å². The summed E-state index contributed by atoms with van der Waals surface area (Å²) in [7, 11) is -3.93. The number of aryl methyl sites for hydroxylation is 2. The van der Waals surface area contributed by atoms with Crippen LogP contribution in [0, 0.1) is 13.8 Å². The minimum Gasteiger partial charge on any atom is -0.325 e. The summed E-state index contributed by atoms with van der Waals surface area (Å²) in [6, 6.07) is 21.5. The lowest BCUT2D eigenvalue weighted by atomic mass is 10.2. The molecule has 4 rings (SSSR count). The van der Waals surface area contributed by atoms with Crippen LogP contribution in [-0.2, 0) is 21.4 Å². The Bertz CT molecular complexity index is 1370. The van der Waals surface area contributed by atoms with E-state index in [1.54, 1.807) is 24.3 Å². The maximum absolute atomic E-state index is 13.6. The van der Waals surface area contributed by atoms with Crippen molar-refractivity contribution in [2.75, 3.05) is 11.9 Å². The molecule has 0 aliphatic rings. The zero-order valence-corrected chi connectivity index (χ0v) is 19.4. The number of para-hydroxylation sites is 1. The van der Waals surface area contributed by atoms with Crippen molar-refractivity contribution in [1.29, 1.82) is 0 Å². The van der Waals surface area contributed by atoms with Gasteiger partial charge in [0.05, 0.1) is 26.7 Å². The van der Waals surface area contributed by atoms with Gasteiger partial charge in [0.2, 0.25) is 15.9 Å². The standard InChI is InChI=1S/C24H23N3O3S2/c1-17-8-6-7-11-21(17)26-24(28)16-27(15-19-9-4-3-5-10-19)32(29,30)20-12-13-22-23(14-20)31-18(2)25-22/h3-14H,15-16H2,1-2H3,(H,26,28). The van der Waals surface area contributed by atoms with Gasteiger partial charge in [-0.25, -0.2) is 13.4 Å². The lowest BCUT2D eigenvalue weighted by Crippen LogP contribution is -2.37. The Morgan fingerprint density at radius 1 is 1.00 bits per heavy atom. The predicted molar refractivity (Wildman–Crippen MR) is 128 cm³/mol. The van der Waals surface area contributed by atoms with Gasteiger partial charge >= 0.3 is 0 Å². The van der Waals surface area contributed by atoms with E-state index in [2.05, 4.69) is 10.3 Å². The van der Waals surface area contributed by atoms with Crippen LogP contribution in [0.1, 0.15) is 16.1 Å².